The Labute approximate surface area is 331 Å². The summed E-state index contributed by atoms with van der Waals surface area (Å²) in [4.78, 5) is 5.08. The highest BCUT2D eigenvalue weighted by molar-refractivity contribution is 6.23. The standard InChI is InChI=1S/C54H46N2/c1-37-15-25-45(26-16-37)55(46-27-17-38(2)18-28-46)53-49-33-23-44(42-13-9-6-10-14-42)36-52(49)54(50-34-24-43(35-51(50)53)41-11-7-5-8-12-41)56(47-29-19-39(3)20-30-47)48-31-21-40(4)22-32-48/h5-31,33-36,48H,32H2,1-4H3. The van der Waals surface area contributed by atoms with E-state index in [1.165, 1.54) is 83.1 Å². The Kier molecular flexibility index (Phi) is 9.33. The van der Waals surface area contributed by atoms with Gasteiger partial charge in [0.15, 0.2) is 0 Å². The molecule has 1 aliphatic rings. The minimum Gasteiger partial charge on any atom is -0.333 e. The van der Waals surface area contributed by atoms with E-state index in [0.29, 0.717) is 0 Å². The summed E-state index contributed by atoms with van der Waals surface area (Å²) >= 11 is 0. The smallest absolute Gasteiger partial charge is 0.0620 e. The molecule has 8 aromatic rings. The lowest BCUT2D eigenvalue weighted by Crippen LogP contribution is -2.30. The van der Waals surface area contributed by atoms with Crippen LogP contribution in [0.1, 0.15) is 30.0 Å². The van der Waals surface area contributed by atoms with E-state index in [1.54, 1.807) is 0 Å². The zero-order valence-corrected chi connectivity index (χ0v) is 32.6. The van der Waals surface area contributed by atoms with Gasteiger partial charge in [-0.05, 0) is 105 Å². The number of fused-ring (bicyclic) bond motifs is 2. The molecule has 0 saturated carbocycles. The van der Waals surface area contributed by atoms with Crippen molar-refractivity contribution in [3.63, 3.8) is 0 Å². The highest BCUT2D eigenvalue weighted by Crippen LogP contribution is 2.51. The molecular weight excluding hydrogens is 677 g/mol. The van der Waals surface area contributed by atoms with Crippen LogP contribution in [0.3, 0.4) is 0 Å². The summed E-state index contributed by atoms with van der Waals surface area (Å²) < 4.78 is 0. The lowest BCUT2D eigenvalue weighted by molar-refractivity contribution is 0.783. The molecule has 2 nitrogen and oxygen atoms in total. The first-order valence-corrected chi connectivity index (χ1v) is 19.7. The summed E-state index contributed by atoms with van der Waals surface area (Å²) in [7, 11) is 0. The number of anilines is 5. The number of aryl methyl sites for hydroxylation is 3. The highest BCUT2D eigenvalue weighted by Gasteiger charge is 2.28. The maximum Gasteiger partial charge on any atom is 0.0620 e. The van der Waals surface area contributed by atoms with Crippen molar-refractivity contribution in [2.45, 2.75) is 40.2 Å². The van der Waals surface area contributed by atoms with Gasteiger partial charge in [0, 0.05) is 38.6 Å². The van der Waals surface area contributed by atoms with Crippen molar-refractivity contribution in [1.29, 1.82) is 0 Å². The van der Waals surface area contributed by atoms with E-state index in [9.17, 15) is 0 Å². The van der Waals surface area contributed by atoms with Crippen LogP contribution in [0.25, 0.3) is 43.8 Å². The largest absolute Gasteiger partial charge is 0.333 e. The van der Waals surface area contributed by atoms with Crippen LogP contribution in [0.5, 0.6) is 0 Å². The number of hydrogen-bond donors (Lipinski definition) is 0. The molecule has 1 aliphatic carbocycles. The quantitative estimate of drug-likeness (QED) is 0.114. The van der Waals surface area contributed by atoms with Crippen molar-refractivity contribution in [2.75, 3.05) is 9.80 Å². The molecule has 0 radical (unpaired) electrons. The monoisotopic (exact) mass is 722 g/mol. The molecule has 56 heavy (non-hydrogen) atoms. The Morgan fingerprint density at radius 1 is 0.411 bits per heavy atom. The van der Waals surface area contributed by atoms with Crippen LogP contribution >= 0.6 is 0 Å². The summed E-state index contributed by atoms with van der Waals surface area (Å²) in [5, 5.41) is 4.82. The number of benzene rings is 8. The molecule has 8 aromatic carbocycles. The third-order valence-corrected chi connectivity index (χ3v) is 11.2. The third-order valence-electron chi connectivity index (χ3n) is 11.2. The number of nitrogens with zero attached hydrogens (tertiary/aromatic N) is 2. The Morgan fingerprint density at radius 3 is 1.32 bits per heavy atom. The van der Waals surface area contributed by atoms with Crippen molar-refractivity contribution in [3.8, 4) is 22.3 Å². The normalized spacial score (nSPS) is 13.9. The van der Waals surface area contributed by atoms with Crippen molar-refractivity contribution < 1.29 is 0 Å². The summed E-state index contributed by atoms with van der Waals surface area (Å²) in [5.41, 5.74) is 15.6. The zero-order valence-electron chi connectivity index (χ0n) is 32.6. The van der Waals surface area contributed by atoms with E-state index in [1.807, 2.05) is 0 Å². The second-order valence-electron chi connectivity index (χ2n) is 15.3. The zero-order chi connectivity index (χ0) is 38.2. The molecular formula is C54H46N2. The van der Waals surface area contributed by atoms with Crippen molar-refractivity contribution >= 4 is 50.0 Å². The predicted octanol–water partition coefficient (Wildman–Crippen LogP) is 15.1. The fourth-order valence-electron chi connectivity index (χ4n) is 8.20. The van der Waals surface area contributed by atoms with Crippen LogP contribution in [-0.2, 0) is 0 Å². The van der Waals surface area contributed by atoms with Gasteiger partial charge in [0.05, 0.1) is 17.4 Å². The fraction of sp³-hybridized carbons (Fsp3) is 0.111. The molecule has 0 bridgehead atoms. The summed E-state index contributed by atoms with van der Waals surface area (Å²) in [6.07, 6.45) is 7.98. The van der Waals surface area contributed by atoms with E-state index in [-0.39, 0.29) is 6.04 Å². The molecule has 0 spiro atoms. The molecule has 0 amide bonds. The summed E-state index contributed by atoms with van der Waals surface area (Å²) in [6.45, 7) is 8.69. The van der Waals surface area contributed by atoms with Crippen LogP contribution in [0.4, 0.5) is 28.4 Å². The van der Waals surface area contributed by atoms with E-state index in [2.05, 4.69) is 226 Å². The average molecular weight is 723 g/mol. The Balaban J connectivity index is 1.45. The fourth-order valence-corrected chi connectivity index (χ4v) is 8.20. The highest BCUT2D eigenvalue weighted by atomic mass is 15.2. The van der Waals surface area contributed by atoms with Crippen molar-refractivity contribution in [1.82, 2.24) is 0 Å². The van der Waals surface area contributed by atoms with Gasteiger partial charge in [0.1, 0.15) is 0 Å². The lowest BCUT2D eigenvalue weighted by atomic mass is 9.90. The molecule has 1 unspecified atom stereocenters. The van der Waals surface area contributed by atoms with Gasteiger partial charge >= 0.3 is 0 Å². The minimum absolute atomic E-state index is 0.123. The first-order valence-electron chi connectivity index (χ1n) is 19.7. The summed E-state index contributed by atoms with van der Waals surface area (Å²) in [6, 6.07) is 63.0. The van der Waals surface area contributed by atoms with Gasteiger partial charge in [-0.15, -0.1) is 0 Å². The van der Waals surface area contributed by atoms with Gasteiger partial charge in [-0.25, -0.2) is 0 Å². The second kappa shape index (κ2) is 14.9. The summed E-state index contributed by atoms with van der Waals surface area (Å²) in [5.74, 6) is 0. The minimum atomic E-state index is 0.123. The molecule has 0 N–H and O–H groups in total. The molecule has 2 heteroatoms. The molecule has 0 aromatic heterocycles. The van der Waals surface area contributed by atoms with Gasteiger partial charge in [-0.1, -0.05) is 162 Å². The van der Waals surface area contributed by atoms with Crippen molar-refractivity contribution in [2.24, 2.45) is 0 Å². The van der Waals surface area contributed by atoms with Crippen molar-refractivity contribution in [3.05, 3.63) is 210 Å². The number of hydrogen-bond acceptors (Lipinski definition) is 2. The lowest BCUT2D eigenvalue weighted by Gasteiger charge is -2.37. The SMILES string of the molecule is CC1=CCC(N(c2ccc(C)cc2)c2c3ccc(-c4ccccc4)cc3c(N(c3ccc(C)cc3)c3ccc(C)cc3)c3ccc(-c4ccccc4)cc23)C=C1. The van der Waals surface area contributed by atoms with E-state index >= 15 is 0 Å². The second-order valence-corrected chi connectivity index (χ2v) is 15.3. The van der Waals surface area contributed by atoms with E-state index in [4.69, 9.17) is 0 Å². The van der Waals surface area contributed by atoms with Gasteiger partial charge in [0.25, 0.3) is 0 Å². The predicted molar refractivity (Wildman–Crippen MR) is 241 cm³/mol. The van der Waals surface area contributed by atoms with Gasteiger partial charge in [0.2, 0.25) is 0 Å². The first-order chi connectivity index (χ1) is 27.4. The molecule has 0 aliphatic heterocycles. The molecule has 0 saturated heterocycles. The van der Waals surface area contributed by atoms with Crippen LogP contribution in [-0.4, -0.2) is 6.04 Å². The molecule has 0 heterocycles. The maximum absolute atomic E-state index is 2.60. The third kappa shape index (κ3) is 6.69. The molecule has 1 atom stereocenters. The molecule has 272 valence electrons. The average Bonchev–Trinajstić information content (AvgIpc) is 3.24. The van der Waals surface area contributed by atoms with Gasteiger partial charge in [-0.2, -0.15) is 0 Å². The number of rotatable bonds is 8. The topological polar surface area (TPSA) is 6.48 Å². The van der Waals surface area contributed by atoms with Gasteiger partial charge < -0.3 is 9.80 Å². The number of allylic oxidation sites excluding steroid dienone is 2. The maximum atomic E-state index is 2.60. The van der Waals surface area contributed by atoms with Crippen LogP contribution in [0, 0.1) is 20.8 Å². The van der Waals surface area contributed by atoms with E-state index < -0.39 is 0 Å². The van der Waals surface area contributed by atoms with Crippen LogP contribution in [0.2, 0.25) is 0 Å². The Bertz CT molecular complexity index is 2680. The first kappa shape index (κ1) is 35.1. The Hall–Kier alpha value is -6.64. The molecule has 9 rings (SSSR count). The molecule has 0 fully saturated rings. The van der Waals surface area contributed by atoms with Gasteiger partial charge in [-0.3, -0.25) is 0 Å². The van der Waals surface area contributed by atoms with Crippen LogP contribution in [0.15, 0.2) is 194 Å². The van der Waals surface area contributed by atoms with E-state index in [0.717, 1.165) is 17.8 Å². The van der Waals surface area contributed by atoms with Crippen LogP contribution < -0.4 is 9.80 Å². The Morgan fingerprint density at radius 2 is 0.857 bits per heavy atom.